The molecule has 2 aromatic rings. The van der Waals surface area contributed by atoms with Gasteiger partial charge in [0.1, 0.15) is 11.4 Å². The van der Waals surface area contributed by atoms with Gasteiger partial charge in [-0.15, -0.1) is 0 Å². The monoisotopic (exact) mass is 666 g/mol. The normalized spacial score (nSPS) is 27.1. The Labute approximate surface area is 285 Å². The second kappa shape index (κ2) is 13.9. The number of methoxy groups -OCH3 is 1. The number of ether oxygens (including phenoxy) is 4. The number of hydrogen-bond donors (Lipinski definition) is 0. The largest absolute Gasteiger partial charge is 0.490 e. The van der Waals surface area contributed by atoms with Crippen LogP contribution < -0.4 is 9.64 Å². The van der Waals surface area contributed by atoms with E-state index in [1.54, 1.807) is 11.0 Å². The molecule has 1 saturated heterocycles. The van der Waals surface area contributed by atoms with Gasteiger partial charge in [-0.1, -0.05) is 17.7 Å². The number of hydrogen-bond acceptors (Lipinski definition) is 7. The predicted molar refractivity (Wildman–Crippen MR) is 184 cm³/mol. The highest BCUT2D eigenvalue weighted by Crippen LogP contribution is 2.48. The van der Waals surface area contributed by atoms with Crippen LogP contribution in [-0.4, -0.2) is 75.7 Å². The molecular weight excluding hydrogens is 616 g/mol. The SMILES string of the molecule is COC(=O)c1ccc2c(c1)N(C[C@H]1CC[C@@H]1[C@@H]1C[C@H](CCN(C)C(=O)OC(C)(C)C)CCO1)C[C@@]1(CCCc3cc(Cl)ccc31)CO2. The van der Waals surface area contributed by atoms with E-state index in [9.17, 15) is 9.59 Å². The molecule has 4 aliphatic rings. The molecule has 0 radical (unpaired) electrons. The molecule has 0 unspecified atom stereocenters. The summed E-state index contributed by atoms with van der Waals surface area (Å²) in [6.45, 7) is 9.42. The fourth-order valence-electron chi connectivity index (χ4n) is 8.22. The molecule has 2 aromatic carbocycles. The average molecular weight is 667 g/mol. The van der Waals surface area contributed by atoms with Gasteiger partial charge in [0.25, 0.3) is 0 Å². The smallest absolute Gasteiger partial charge is 0.410 e. The molecule has 1 saturated carbocycles. The van der Waals surface area contributed by atoms with Crippen molar-refractivity contribution in [2.45, 2.75) is 89.3 Å². The molecule has 256 valence electrons. The number of fused-ring (bicyclic) bond motifs is 3. The van der Waals surface area contributed by atoms with E-state index in [4.69, 9.17) is 30.5 Å². The molecule has 47 heavy (non-hydrogen) atoms. The van der Waals surface area contributed by atoms with Gasteiger partial charge in [0.15, 0.2) is 0 Å². The minimum Gasteiger partial charge on any atom is -0.490 e. The Morgan fingerprint density at radius 1 is 1.13 bits per heavy atom. The van der Waals surface area contributed by atoms with Crippen LogP contribution in [0.25, 0.3) is 0 Å². The van der Waals surface area contributed by atoms with Crippen molar-refractivity contribution in [3.63, 3.8) is 0 Å². The fourth-order valence-corrected chi connectivity index (χ4v) is 8.42. The summed E-state index contributed by atoms with van der Waals surface area (Å²) in [4.78, 5) is 29.3. The summed E-state index contributed by atoms with van der Waals surface area (Å²) in [7, 11) is 3.25. The zero-order valence-electron chi connectivity index (χ0n) is 28.7. The van der Waals surface area contributed by atoms with Gasteiger partial charge < -0.3 is 28.7 Å². The Kier molecular flexibility index (Phi) is 10.0. The molecule has 9 heteroatoms. The lowest BCUT2D eigenvalue weighted by atomic mass is 9.67. The van der Waals surface area contributed by atoms with Gasteiger partial charge in [-0.05, 0) is 131 Å². The standard InChI is InChI=1S/C38H51ClN2O6/c1-37(2,3)47-36(43)40(4)17-14-25-15-18-45-34(19-25)30-11-8-28(30)22-41-23-38(16-6-7-26-20-29(39)10-12-31(26)38)24-46-33-13-9-27(21-32(33)41)35(42)44-5/h9-10,12-13,20-21,25,28,30,34H,6-8,11,14-19,22-24H2,1-5H3/t25-,28-,30+,34+,38+/m1/s1. The van der Waals surface area contributed by atoms with Crippen LogP contribution in [0.15, 0.2) is 36.4 Å². The van der Waals surface area contributed by atoms with Gasteiger partial charge in [-0.3, -0.25) is 0 Å². The first-order valence-corrected chi connectivity index (χ1v) is 17.8. The molecule has 1 spiro atoms. The number of carbonyl (C=O) groups is 2. The summed E-state index contributed by atoms with van der Waals surface area (Å²) in [6.07, 6.45) is 8.40. The molecule has 2 heterocycles. The van der Waals surface area contributed by atoms with Crippen molar-refractivity contribution >= 4 is 29.4 Å². The summed E-state index contributed by atoms with van der Waals surface area (Å²) in [5.74, 6) is 1.94. The molecule has 0 bridgehead atoms. The van der Waals surface area contributed by atoms with E-state index in [2.05, 4.69) is 17.0 Å². The van der Waals surface area contributed by atoms with Crippen LogP contribution in [0.4, 0.5) is 10.5 Å². The Bertz CT molecular complexity index is 1460. The molecule has 0 N–H and O–H groups in total. The van der Waals surface area contributed by atoms with Crippen molar-refractivity contribution in [1.82, 2.24) is 4.90 Å². The van der Waals surface area contributed by atoms with E-state index in [1.807, 2.05) is 46.0 Å². The van der Waals surface area contributed by atoms with Gasteiger partial charge in [-0.25, -0.2) is 9.59 Å². The first kappa shape index (κ1) is 33.9. The number of halogens is 1. The maximum Gasteiger partial charge on any atom is 0.410 e. The van der Waals surface area contributed by atoms with Crippen molar-refractivity contribution < 1.29 is 28.5 Å². The number of amides is 1. The van der Waals surface area contributed by atoms with Crippen molar-refractivity contribution in [3.8, 4) is 5.75 Å². The predicted octanol–water partition coefficient (Wildman–Crippen LogP) is 7.68. The highest BCUT2D eigenvalue weighted by atomic mass is 35.5. The van der Waals surface area contributed by atoms with Crippen LogP contribution in [0.5, 0.6) is 5.75 Å². The maximum atomic E-state index is 12.6. The molecule has 8 nitrogen and oxygen atoms in total. The summed E-state index contributed by atoms with van der Waals surface area (Å²) < 4.78 is 23.7. The second-order valence-corrected chi connectivity index (χ2v) is 15.7. The Morgan fingerprint density at radius 2 is 1.96 bits per heavy atom. The Morgan fingerprint density at radius 3 is 2.70 bits per heavy atom. The van der Waals surface area contributed by atoms with E-state index < -0.39 is 5.60 Å². The number of rotatable bonds is 7. The first-order chi connectivity index (χ1) is 22.4. The molecule has 5 atom stereocenters. The van der Waals surface area contributed by atoms with E-state index >= 15 is 0 Å². The van der Waals surface area contributed by atoms with Gasteiger partial charge in [0.05, 0.1) is 31.1 Å². The van der Waals surface area contributed by atoms with Gasteiger partial charge >= 0.3 is 12.1 Å². The first-order valence-electron chi connectivity index (χ1n) is 17.4. The highest BCUT2D eigenvalue weighted by molar-refractivity contribution is 6.30. The number of anilines is 1. The topological polar surface area (TPSA) is 77.5 Å². The molecule has 2 fully saturated rings. The number of aryl methyl sites for hydroxylation is 1. The number of esters is 1. The number of benzene rings is 2. The van der Waals surface area contributed by atoms with Crippen LogP contribution in [0.2, 0.25) is 5.02 Å². The maximum absolute atomic E-state index is 12.6. The van der Waals surface area contributed by atoms with E-state index in [1.165, 1.54) is 18.2 Å². The van der Waals surface area contributed by atoms with Crippen LogP contribution in [0.3, 0.4) is 0 Å². The summed E-state index contributed by atoms with van der Waals surface area (Å²) in [5, 5.41) is 0.776. The molecule has 1 amide bonds. The fraction of sp³-hybridized carbons (Fsp3) is 0.632. The van der Waals surface area contributed by atoms with Crippen molar-refractivity contribution in [3.05, 3.63) is 58.1 Å². The number of carbonyl (C=O) groups excluding carboxylic acids is 2. The minimum absolute atomic E-state index is 0.172. The lowest BCUT2D eigenvalue weighted by Crippen LogP contribution is -2.50. The zero-order chi connectivity index (χ0) is 33.3. The van der Waals surface area contributed by atoms with Crippen molar-refractivity contribution in [2.75, 3.05) is 51.9 Å². The molecule has 2 aliphatic heterocycles. The minimum atomic E-state index is -0.497. The van der Waals surface area contributed by atoms with E-state index in [0.717, 1.165) is 87.5 Å². The highest BCUT2D eigenvalue weighted by Gasteiger charge is 2.45. The van der Waals surface area contributed by atoms with Gasteiger partial charge in [0, 0.05) is 43.7 Å². The second-order valence-electron chi connectivity index (χ2n) is 15.3. The quantitative estimate of drug-likeness (QED) is 0.281. The molecule has 0 aromatic heterocycles. The van der Waals surface area contributed by atoms with Crippen LogP contribution in [0.1, 0.15) is 87.2 Å². The van der Waals surface area contributed by atoms with E-state index in [0.29, 0.717) is 36.5 Å². The Balaban J connectivity index is 1.19. The molecule has 6 rings (SSSR count). The third-order valence-corrected chi connectivity index (χ3v) is 11.1. The van der Waals surface area contributed by atoms with Gasteiger partial charge in [0.2, 0.25) is 0 Å². The zero-order valence-corrected chi connectivity index (χ0v) is 29.4. The summed E-state index contributed by atoms with van der Waals surface area (Å²) >= 11 is 6.45. The Hall–Kier alpha value is -2.97. The lowest BCUT2D eigenvalue weighted by molar-refractivity contribution is -0.0839. The van der Waals surface area contributed by atoms with Crippen molar-refractivity contribution in [2.24, 2.45) is 17.8 Å². The average Bonchev–Trinajstić information content (AvgIpc) is 3.17. The molecular formula is C38H51ClN2O6. The van der Waals surface area contributed by atoms with Crippen LogP contribution >= 0.6 is 11.6 Å². The van der Waals surface area contributed by atoms with Crippen molar-refractivity contribution in [1.29, 1.82) is 0 Å². The third-order valence-electron chi connectivity index (χ3n) is 10.9. The summed E-state index contributed by atoms with van der Waals surface area (Å²) in [5.41, 5.74) is 3.47. The van der Waals surface area contributed by atoms with E-state index in [-0.39, 0.29) is 23.6 Å². The van der Waals surface area contributed by atoms with Crippen LogP contribution in [0, 0.1) is 17.8 Å². The van der Waals surface area contributed by atoms with Gasteiger partial charge in [-0.2, -0.15) is 0 Å². The third kappa shape index (κ3) is 7.54. The summed E-state index contributed by atoms with van der Waals surface area (Å²) in [6, 6.07) is 12.0. The molecule has 2 aliphatic carbocycles. The lowest BCUT2D eigenvalue weighted by Gasteiger charge is -2.48. The number of nitrogens with zero attached hydrogens (tertiary/aromatic N) is 2. The van der Waals surface area contributed by atoms with Crippen LogP contribution in [-0.2, 0) is 26.0 Å².